The highest BCUT2D eigenvalue weighted by atomic mass is 16.5. The van der Waals surface area contributed by atoms with Crippen molar-refractivity contribution >= 4 is 6.02 Å². The van der Waals surface area contributed by atoms with Gasteiger partial charge in [0, 0.05) is 24.7 Å². The molecule has 0 saturated heterocycles. The number of fused-ring (bicyclic) bond motifs is 4. The Morgan fingerprint density at radius 1 is 1.23 bits per heavy atom. The van der Waals surface area contributed by atoms with Crippen LogP contribution in [-0.2, 0) is 10.3 Å². The van der Waals surface area contributed by atoms with Gasteiger partial charge in [-0.05, 0) is 12.1 Å². The van der Waals surface area contributed by atoms with Crippen LogP contribution in [0, 0.1) is 0 Å². The van der Waals surface area contributed by atoms with Gasteiger partial charge in [-0.25, -0.2) is 9.98 Å². The molecule has 4 rings (SSSR count). The van der Waals surface area contributed by atoms with E-state index in [1.165, 1.54) is 0 Å². The number of nitrogens with two attached hydrogens (primary N) is 1. The molecule has 2 aromatic rings. The molecule has 6 nitrogen and oxygen atoms in total. The summed E-state index contributed by atoms with van der Waals surface area (Å²) in [5.41, 5.74) is 6.94. The van der Waals surface area contributed by atoms with Crippen LogP contribution in [0.5, 0.6) is 17.4 Å². The first-order chi connectivity index (χ1) is 10.7. The predicted octanol–water partition coefficient (Wildman–Crippen LogP) is 2.17. The van der Waals surface area contributed by atoms with E-state index < -0.39 is 5.60 Å². The molecule has 0 saturated carbocycles. The highest BCUT2D eigenvalue weighted by Crippen LogP contribution is 2.53. The van der Waals surface area contributed by atoms with Gasteiger partial charge in [0.25, 0.3) is 11.9 Å². The van der Waals surface area contributed by atoms with Gasteiger partial charge < -0.3 is 19.9 Å². The lowest BCUT2D eigenvalue weighted by Crippen LogP contribution is -2.42. The van der Waals surface area contributed by atoms with Crippen LogP contribution in [0.1, 0.15) is 17.5 Å². The number of para-hydroxylation sites is 1. The number of nitrogens with zero attached hydrogens (tertiary/aromatic N) is 2. The van der Waals surface area contributed by atoms with Gasteiger partial charge in [0.1, 0.15) is 5.75 Å². The number of aliphatic imine (C=N–C) groups is 1. The Balaban J connectivity index is 2.01. The van der Waals surface area contributed by atoms with Gasteiger partial charge in [-0.15, -0.1) is 0 Å². The van der Waals surface area contributed by atoms with Gasteiger partial charge in [-0.2, -0.15) is 0 Å². The van der Waals surface area contributed by atoms with Crippen molar-refractivity contribution < 1.29 is 14.2 Å². The maximum atomic E-state index is 6.03. The third-order valence-electron chi connectivity index (χ3n) is 4.04. The lowest BCUT2D eigenvalue weighted by atomic mass is 9.80. The first kappa shape index (κ1) is 12.9. The number of benzene rings is 1. The summed E-state index contributed by atoms with van der Waals surface area (Å²) in [7, 11) is 1.57. The largest absolute Gasteiger partial charge is 0.478 e. The Bertz CT molecular complexity index is 775. The van der Waals surface area contributed by atoms with E-state index in [1.807, 2.05) is 30.3 Å². The molecule has 1 aromatic carbocycles. The van der Waals surface area contributed by atoms with Crippen LogP contribution in [0.25, 0.3) is 0 Å². The second-order valence-electron chi connectivity index (χ2n) is 5.19. The minimum atomic E-state index is -0.716. The summed E-state index contributed by atoms with van der Waals surface area (Å²) in [4.78, 5) is 8.37. The third-order valence-corrected chi connectivity index (χ3v) is 4.04. The number of aromatic nitrogens is 1. The topological polar surface area (TPSA) is 79.0 Å². The van der Waals surface area contributed by atoms with Gasteiger partial charge in [0.2, 0.25) is 0 Å². The molecule has 0 bridgehead atoms. The molecule has 1 aromatic heterocycles. The summed E-state index contributed by atoms with van der Waals surface area (Å²) in [6.07, 6.45) is 2.36. The Labute approximate surface area is 127 Å². The Morgan fingerprint density at radius 2 is 2.09 bits per heavy atom. The molecule has 6 heteroatoms. The monoisotopic (exact) mass is 297 g/mol. The summed E-state index contributed by atoms with van der Waals surface area (Å²) in [5.74, 6) is 1.71. The molecule has 3 heterocycles. The second kappa shape index (κ2) is 4.62. The van der Waals surface area contributed by atoms with Crippen LogP contribution in [0.3, 0.4) is 0 Å². The normalized spacial score (nSPS) is 22.0. The number of ether oxygens (including phenoxy) is 3. The number of amidine groups is 1. The Hall–Kier alpha value is -2.76. The molecular formula is C16H15N3O3. The molecule has 1 unspecified atom stereocenters. The number of rotatable bonds is 1. The van der Waals surface area contributed by atoms with Crippen LogP contribution < -0.4 is 15.2 Å². The fraction of sp³-hybridized carbons (Fsp3) is 0.250. The molecule has 2 aliphatic heterocycles. The molecule has 2 aliphatic rings. The molecule has 22 heavy (non-hydrogen) atoms. The standard InChI is InChI=1S/C16H15N3O3/c1-20-14-13-11(6-8-18-14)16(7-9-19-15(17)22-16)10-4-2-3-5-12(10)21-13/h2-6,8H,7,9H2,1H3,(H2,17,19). The van der Waals surface area contributed by atoms with E-state index in [0.29, 0.717) is 24.6 Å². The van der Waals surface area contributed by atoms with E-state index >= 15 is 0 Å². The third kappa shape index (κ3) is 1.67. The first-order valence-corrected chi connectivity index (χ1v) is 7.04. The molecule has 2 N–H and O–H groups in total. The van der Waals surface area contributed by atoms with Crippen LogP contribution in [-0.4, -0.2) is 24.7 Å². The Morgan fingerprint density at radius 3 is 2.91 bits per heavy atom. The van der Waals surface area contributed by atoms with Crippen LogP contribution in [0.4, 0.5) is 0 Å². The lowest BCUT2D eigenvalue weighted by Gasteiger charge is -2.41. The fourth-order valence-corrected chi connectivity index (χ4v) is 3.10. The number of hydrogen-bond donors (Lipinski definition) is 1. The molecule has 112 valence electrons. The van der Waals surface area contributed by atoms with Crippen LogP contribution in [0.2, 0.25) is 0 Å². The van der Waals surface area contributed by atoms with Gasteiger partial charge in [0.15, 0.2) is 11.4 Å². The molecule has 0 radical (unpaired) electrons. The maximum absolute atomic E-state index is 6.03. The molecule has 0 aliphatic carbocycles. The minimum Gasteiger partial charge on any atom is -0.478 e. The van der Waals surface area contributed by atoms with Gasteiger partial charge >= 0.3 is 0 Å². The maximum Gasteiger partial charge on any atom is 0.283 e. The van der Waals surface area contributed by atoms with Crippen LogP contribution in [0.15, 0.2) is 41.5 Å². The van der Waals surface area contributed by atoms with Gasteiger partial charge in [-0.3, -0.25) is 0 Å². The summed E-state index contributed by atoms with van der Waals surface area (Å²) < 4.78 is 17.4. The van der Waals surface area contributed by atoms with Crippen molar-refractivity contribution in [1.82, 2.24) is 4.98 Å². The zero-order valence-electron chi connectivity index (χ0n) is 12.1. The highest BCUT2D eigenvalue weighted by Gasteiger charge is 2.47. The molecule has 1 atom stereocenters. The minimum absolute atomic E-state index is 0.185. The van der Waals surface area contributed by atoms with Crippen molar-refractivity contribution in [2.24, 2.45) is 10.7 Å². The van der Waals surface area contributed by atoms with Gasteiger partial charge in [-0.1, -0.05) is 18.2 Å². The number of methoxy groups -OCH3 is 1. The number of hydrogen-bond acceptors (Lipinski definition) is 6. The van der Waals surface area contributed by atoms with E-state index in [0.717, 1.165) is 16.9 Å². The summed E-state index contributed by atoms with van der Waals surface area (Å²) in [6, 6.07) is 9.83. The number of pyridine rings is 1. The summed E-state index contributed by atoms with van der Waals surface area (Å²) in [5, 5.41) is 0. The summed E-state index contributed by atoms with van der Waals surface area (Å²) in [6.45, 7) is 0.588. The van der Waals surface area contributed by atoms with Gasteiger partial charge in [0.05, 0.1) is 12.7 Å². The van der Waals surface area contributed by atoms with E-state index in [-0.39, 0.29) is 6.02 Å². The molecule has 1 spiro atoms. The molecule has 0 fully saturated rings. The van der Waals surface area contributed by atoms with Crippen molar-refractivity contribution in [3.8, 4) is 17.4 Å². The highest BCUT2D eigenvalue weighted by molar-refractivity contribution is 5.75. The summed E-state index contributed by atoms with van der Waals surface area (Å²) >= 11 is 0. The quantitative estimate of drug-likeness (QED) is 0.872. The van der Waals surface area contributed by atoms with E-state index in [2.05, 4.69) is 9.98 Å². The van der Waals surface area contributed by atoms with Crippen LogP contribution >= 0.6 is 0 Å². The lowest BCUT2D eigenvalue weighted by molar-refractivity contribution is 0.0627. The average molecular weight is 297 g/mol. The average Bonchev–Trinajstić information content (AvgIpc) is 2.55. The SMILES string of the molecule is COc1nccc2c1Oc1ccccc1C21CCN=C(N)O1. The zero-order valence-corrected chi connectivity index (χ0v) is 12.1. The zero-order chi connectivity index (χ0) is 15.2. The first-order valence-electron chi connectivity index (χ1n) is 7.04. The predicted molar refractivity (Wildman–Crippen MR) is 80.3 cm³/mol. The smallest absolute Gasteiger partial charge is 0.283 e. The van der Waals surface area contributed by atoms with E-state index in [4.69, 9.17) is 19.9 Å². The molecule has 0 amide bonds. The van der Waals surface area contributed by atoms with Crippen molar-refractivity contribution in [2.75, 3.05) is 13.7 Å². The fourth-order valence-electron chi connectivity index (χ4n) is 3.10. The Kier molecular flexibility index (Phi) is 2.72. The van der Waals surface area contributed by atoms with E-state index in [1.54, 1.807) is 13.3 Å². The van der Waals surface area contributed by atoms with Crippen molar-refractivity contribution in [1.29, 1.82) is 0 Å². The van der Waals surface area contributed by atoms with E-state index in [9.17, 15) is 0 Å². The van der Waals surface area contributed by atoms with Crippen molar-refractivity contribution in [3.63, 3.8) is 0 Å². The van der Waals surface area contributed by atoms with Crippen molar-refractivity contribution in [2.45, 2.75) is 12.0 Å². The second-order valence-corrected chi connectivity index (χ2v) is 5.19. The molecular weight excluding hydrogens is 282 g/mol. The van der Waals surface area contributed by atoms with Crippen molar-refractivity contribution in [3.05, 3.63) is 47.7 Å².